The fourth-order valence-corrected chi connectivity index (χ4v) is 8.37. The zero-order chi connectivity index (χ0) is 16.5. The summed E-state index contributed by atoms with van der Waals surface area (Å²) in [5.74, 6) is 1.79. The molecule has 5 nitrogen and oxygen atoms in total. The smallest absolute Gasteiger partial charge is 0.241 e. The number of hydrogen-bond donors (Lipinski definition) is 2. The average molecular weight is 327 g/mol. The number of nitrogens with zero attached hydrogens (tertiary/aromatic N) is 2. The van der Waals surface area contributed by atoms with Crippen LogP contribution < -0.4 is 5.73 Å². The van der Waals surface area contributed by atoms with E-state index in [9.17, 15) is 15.2 Å². The number of rotatable bonds is 2. The van der Waals surface area contributed by atoms with Gasteiger partial charge in [0.1, 0.15) is 6.04 Å². The van der Waals surface area contributed by atoms with Gasteiger partial charge in [-0.05, 0) is 69.1 Å². The number of hydrogen-bond acceptors (Lipinski definition) is 4. The molecule has 6 aliphatic rings. The number of fused-ring (bicyclic) bond motifs is 3. The Morgan fingerprint density at radius 3 is 2.71 bits per heavy atom. The van der Waals surface area contributed by atoms with Crippen LogP contribution in [0.25, 0.3) is 0 Å². The molecule has 1 heterocycles. The van der Waals surface area contributed by atoms with Gasteiger partial charge in [0.05, 0.1) is 17.7 Å². The molecule has 0 radical (unpaired) electrons. The van der Waals surface area contributed by atoms with Crippen molar-refractivity contribution >= 4 is 5.91 Å². The van der Waals surface area contributed by atoms with Crippen molar-refractivity contribution in [3.8, 4) is 6.07 Å². The summed E-state index contributed by atoms with van der Waals surface area (Å²) in [5.41, 5.74) is 5.78. The Hall–Kier alpha value is -1.12. The Morgan fingerprint density at radius 2 is 1.96 bits per heavy atom. The van der Waals surface area contributed by atoms with E-state index < -0.39 is 11.6 Å². The second kappa shape index (κ2) is 3.83. The third-order valence-corrected chi connectivity index (χ3v) is 9.04. The van der Waals surface area contributed by atoms with E-state index in [0.29, 0.717) is 24.2 Å². The number of nitriles is 1. The second-order valence-corrected chi connectivity index (χ2v) is 9.90. The molecule has 5 unspecified atom stereocenters. The average Bonchev–Trinajstić information content (AvgIpc) is 3.11. The molecule has 3 N–H and O–H groups in total. The van der Waals surface area contributed by atoms with Crippen LogP contribution in [0.1, 0.15) is 51.4 Å². The van der Waals surface area contributed by atoms with Crippen LogP contribution in [0, 0.1) is 39.9 Å². The normalized spacial score (nSPS) is 59.5. The van der Waals surface area contributed by atoms with Gasteiger partial charge in [-0.3, -0.25) is 4.79 Å². The summed E-state index contributed by atoms with van der Waals surface area (Å²) in [7, 11) is 0. The molecule has 128 valence electrons. The van der Waals surface area contributed by atoms with Crippen molar-refractivity contribution in [2.75, 3.05) is 0 Å². The first-order valence-electron chi connectivity index (χ1n) is 9.63. The van der Waals surface area contributed by atoms with Crippen molar-refractivity contribution in [2.24, 2.45) is 34.3 Å². The van der Waals surface area contributed by atoms with Crippen LogP contribution in [0.4, 0.5) is 0 Å². The highest BCUT2D eigenvalue weighted by Crippen LogP contribution is 2.83. The van der Waals surface area contributed by atoms with E-state index in [1.54, 1.807) is 0 Å². The van der Waals surface area contributed by atoms with Crippen LogP contribution in [0.5, 0.6) is 0 Å². The molecule has 6 rings (SSSR count). The Kier molecular flexibility index (Phi) is 2.25. The van der Waals surface area contributed by atoms with Gasteiger partial charge in [0, 0.05) is 16.9 Å². The number of carbonyl (C=O) groups is 1. The van der Waals surface area contributed by atoms with Crippen LogP contribution in [-0.4, -0.2) is 39.6 Å². The summed E-state index contributed by atoms with van der Waals surface area (Å²) in [6, 6.07) is 1.76. The SMILES string of the molecule is N#C[C@@H]1C[C@@H]2C[C@@H]2N1C(=O)[C@@H](N)C12CC3CC4CC(O)(C1)C2(C4)C3. The quantitative estimate of drug-likeness (QED) is 0.796. The molecule has 1 amide bonds. The van der Waals surface area contributed by atoms with Crippen molar-refractivity contribution in [1.82, 2.24) is 4.90 Å². The molecule has 6 fully saturated rings. The Morgan fingerprint density at radius 1 is 1.21 bits per heavy atom. The lowest BCUT2D eigenvalue weighted by Gasteiger charge is -2.65. The molecule has 3 bridgehead atoms. The van der Waals surface area contributed by atoms with Crippen molar-refractivity contribution in [3.05, 3.63) is 0 Å². The van der Waals surface area contributed by atoms with E-state index in [0.717, 1.165) is 38.5 Å². The molecule has 0 aromatic rings. The van der Waals surface area contributed by atoms with Crippen molar-refractivity contribution in [1.29, 1.82) is 5.26 Å². The largest absolute Gasteiger partial charge is 0.389 e. The Labute approximate surface area is 142 Å². The lowest BCUT2D eigenvalue weighted by Crippen LogP contribution is -2.73. The minimum Gasteiger partial charge on any atom is -0.389 e. The topological polar surface area (TPSA) is 90.4 Å². The third-order valence-electron chi connectivity index (χ3n) is 9.04. The lowest BCUT2D eigenvalue weighted by atomic mass is 9.41. The van der Waals surface area contributed by atoms with E-state index in [4.69, 9.17) is 5.73 Å². The van der Waals surface area contributed by atoms with Gasteiger partial charge in [-0.25, -0.2) is 0 Å². The molecule has 0 aromatic heterocycles. The van der Waals surface area contributed by atoms with Crippen molar-refractivity contribution < 1.29 is 9.90 Å². The van der Waals surface area contributed by atoms with E-state index in [-0.39, 0.29) is 28.8 Å². The van der Waals surface area contributed by atoms with E-state index in [2.05, 4.69) is 6.07 Å². The molecule has 1 saturated heterocycles. The zero-order valence-corrected chi connectivity index (χ0v) is 13.9. The molecule has 9 atom stereocenters. The number of aliphatic hydroxyl groups is 1. The molecule has 5 heteroatoms. The molecule has 5 aliphatic carbocycles. The van der Waals surface area contributed by atoms with Crippen LogP contribution >= 0.6 is 0 Å². The van der Waals surface area contributed by atoms with Gasteiger partial charge in [0.25, 0.3) is 0 Å². The lowest BCUT2D eigenvalue weighted by molar-refractivity contribution is -0.241. The fourth-order valence-electron chi connectivity index (χ4n) is 8.37. The number of nitrogens with two attached hydrogens (primary N) is 1. The van der Waals surface area contributed by atoms with Crippen molar-refractivity contribution in [2.45, 2.75) is 75.1 Å². The summed E-state index contributed by atoms with van der Waals surface area (Å²) in [6.07, 6.45) is 7.85. The zero-order valence-electron chi connectivity index (χ0n) is 13.9. The number of likely N-dealkylation sites (tertiary alicyclic amines) is 1. The number of carbonyl (C=O) groups excluding carboxylic acids is 1. The van der Waals surface area contributed by atoms with E-state index in [1.165, 1.54) is 6.42 Å². The maximum Gasteiger partial charge on any atom is 0.241 e. The predicted molar refractivity (Wildman–Crippen MR) is 85.2 cm³/mol. The van der Waals surface area contributed by atoms with Crippen LogP contribution in [-0.2, 0) is 4.79 Å². The highest BCUT2D eigenvalue weighted by molar-refractivity contribution is 5.85. The maximum atomic E-state index is 13.3. The Balaban J connectivity index is 1.36. The van der Waals surface area contributed by atoms with Crippen LogP contribution in [0.15, 0.2) is 0 Å². The third kappa shape index (κ3) is 1.26. The van der Waals surface area contributed by atoms with Gasteiger partial charge in [-0.15, -0.1) is 0 Å². The van der Waals surface area contributed by atoms with Crippen LogP contribution in [0.3, 0.4) is 0 Å². The highest BCUT2D eigenvalue weighted by Gasteiger charge is 2.83. The summed E-state index contributed by atoms with van der Waals surface area (Å²) in [4.78, 5) is 15.1. The molecule has 0 aromatic carbocycles. The highest BCUT2D eigenvalue weighted by atomic mass is 16.3. The Bertz CT molecular complexity index is 699. The molecule has 24 heavy (non-hydrogen) atoms. The summed E-state index contributed by atoms with van der Waals surface area (Å²) in [6.45, 7) is 0. The summed E-state index contributed by atoms with van der Waals surface area (Å²) in [5, 5.41) is 20.6. The molecule has 1 aliphatic heterocycles. The summed E-state index contributed by atoms with van der Waals surface area (Å²) >= 11 is 0. The standard InChI is InChI=1S/C19H25N3O2/c20-8-13-2-12-3-14(12)22(13)16(23)15(21)17-4-10-1-11-6-18(17,5-10)19(24,7-11)9-17/h10-15,24H,1-7,9,21H2/t10?,11?,12-,13+,14+,15-,17?,18?,19?/m1/s1. The fraction of sp³-hybridized carbons (Fsp3) is 0.895. The molecule has 5 saturated carbocycles. The van der Waals surface area contributed by atoms with Gasteiger partial charge >= 0.3 is 0 Å². The second-order valence-electron chi connectivity index (χ2n) is 9.90. The van der Waals surface area contributed by atoms with Gasteiger partial charge < -0.3 is 15.7 Å². The monoisotopic (exact) mass is 327 g/mol. The van der Waals surface area contributed by atoms with Gasteiger partial charge in [0.2, 0.25) is 5.91 Å². The van der Waals surface area contributed by atoms with Gasteiger partial charge in [-0.1, -0.05) is 0 Å². The summed E-state index contributed by atoms with van der Waals surface area (Å²) < 4.78 is 0. The minimum atomic E-state index is -0.567. The maximum absolute atomic E-state index is 13.3. The first-order valence-corrected chi connectivity index (χ1v) is 9.63. The first-order chi connectivity index (χ1) is 11.4. The molecular weight excluding hydrogens is 302 g/mol. The van der Waals surface area contributed by atoms with Gasteiger partial charge in [0.15, 0.2) is 0 Å². The number of piperidine rings is 1. The van der Waals surface area contributed by atoms with E-state index >= 15 is 0 Å². The van der Waals surface area contributed by atoms with Gasteiger partial charge in [-0.2, -0.15) is 5.26 Å². The predicted octanol–water partition coefficient (Wildman–Crippen LogP) is 1.16. The van der Waals surface area contributed by atoms with E-state index in [1.807, 2.05) is 4.90 Å². The number of amides is 1. The molecule has 1 spiro atoms. The van der Waals surface area contributed by atoms with Crippen LogP contribution in [0.2, 0.25) is 0 Å². The van der Waals surface area contributed by atoms with Crippen molar-refractivity contribution in [3.63, 3.8) is 0 Å². The first kappa shape index (κ1) is 14.1. The minimum absolute atomic E-state index is 0.000949. The molecular formula is C19H25N3O2.